The summed E-state index contributed by atoms with van der Waals surface area (Å²) in [5.74, 6) is 0.719. The van der Waals surface area contributed by atoms with Crippen LogP contribution in [0.2, 0.25) is 0 Å². The molecule has 2 aromatic heterocycles. The smallest absolute Gasteiger partial charge is 0.259 e. The predicted octanol–water partition coefficient (Wildman–Crippen LogP) is 2.73. The van der Waals surface area contributed by atoms with Gasteiger partial charge < -0.3 is 14.4 Å². The van der Waals surface area contributed by atoms with Crippen molar-refractivity contribution in [1.29, 1.82) is 0 Å². The van der Waals surface area contributed by atoms with Crippen LogP contribution in [0.25, 0.3) is 0 Å². The summed E-state index contributed by atoms with van der Waals surface area (Å²) in [5.41, 5.74) is 1.76. The normalized spacial score (nSPS) is 17.1. The Balaban J connectivity index is 2.11. The number of hydrogen-bond donors (Lipinski definition) is 1. The number of aromatic hydroxyl groups is 1. The van der Waals surface area contributed by atoms with Crippen LogP contribution in [0.5, 0.6) is 5.75 Å². The summed E-state index contributed by atoms with van der Waals surface area (Å²) < 4.78 is 6.84. The molecular formula is C21H29N3O3. The van der Waals surface area contributed by atoms with Crippen molar-refractivity contribution < 1.29 is 9.84 Å². The van der Waals surface area contributed by atoms with E-state index in [1.54, 1.807) is 23.9 Å². The highest BCUT2D eigenvalue weighted by Crippen LogP contribution is 2.34. The molecule has 0 saturated carbocycles. The highest BCUT2D eigenvalue weighted by molar-refractivity contribution is 5.39. The summed E-state index contributed by atoms with van der Waals surface area (Å²) in [7, 11) is 1.62. The molecule has 0 bridgehead atoms. The highest BCUT2D eigenvalue weighted by atomic mass is 16.5. The van der Waals surface area contributed by atoms with Crippen molar-refractivity contribution in [3.63, 3.8) is 0 Å². The van der Waals surface area contributed by atoms with Crippen LogP contribution in [-0.4, -0.2) is 46.4 Å². The molecule has 6 nitrogen and oxygen atoms in total. The molecule has 1 N–H and O–H groups in total. The fraction of sp³-hybridized carbons (Fsp3) is 0.524. The first-order valence-corrected chi connectivity index (χ1v) is 9.60. The van der Waals surface area contributed by atoms with Gasteiger partial charge in [0.05, 0.1) is 23.9 Å². The van der Waals surface area contributed by atoms with Gasteiger partial charge in [-0.2, -0.15) is 0 Å². The zero-order valence-electron chi connectivity index (χ0n) is 16.4. The molecule has 1 saturated heterocycles. The lowest BCUT2D eigenvalue weighted by Crippen LogP contribution is -2.40. The molecule has 146 valence electrons. The Morgan fingerprint density at radius 1 is 1.33 bits per heavy atom. The van der Waals surface area contributed by atoms with Gasteiger partial charge in [-0.05, 0) is 57.0 Å². The Bertz CT molecular complexity index is 811. The second-order valence-electron chi connectivity index (χ2n) is 7.41. The monoisotopic (exact) mass is 371 g/mol. The standard InChI is InChI=1S/C21H29N3O3/c1-15-7-10-23(11-8-15)20(17-6-4-5-9-22-17)19-18(25)14-16(2)24(21(19)26)12-13-27-3/h4-6,9,14-15,20,25H,7-8,10-13H2,1-3H3/t20-/m1/s1. The van der Waals surface area contributed by atoms with Crippen LogP contribution < -0.4 is 5.56 Å². The van der Waals surface area contributed by atoms with Gasteiger partial charge in [0.25, 0.3) is 5.56 Å². The number of nitrogens with zero attached hydrogens (tertiary/aromatic N) is 3. The maximum absolute atomic E-state index is 13.3. The molecule has 0 aromatic carbocycles. The third kappa shape index (κ3) is 4.22. The average molecular weight is 371 g/mol. The van der Waals surface area contributed by atoms with Crippen LogP contribution in [0.15, 0.2) is 35.3 Å². The summed E-state index contributed by atoms with van der Waals surface area (Å²) in [6.45, 7) is 6.76. The quantitative estimate of drug-likeness (QED) is 0.846. The maximum Gasteiger partial charge on any atom is 0.259 e. The van der Waals surface area contributed by atoms with Gasteiger partial charge in [-0.25, -0.2) is 0 Å². The first-order chi connectivity index (χ1) is 13.0. The van der Waals surface area contributed by atoms with E-state index in [1.807, 2.05) is 25.1 Å². The first kappa shape index (κ1) is 19.6. The van der Waals surface area contributed by atoms with Crippen LogP contribution in [-0.2, 0) is 11.3 Å². The molecular weight excluding hydrogens is 342 g/mol. The number of aryl methyl sites for hydroxylation is 1. The van der Waals surface area contributed by atoms with Crippen molar-refractivity contribution in [3.05, 3.63) is 57.8 Å². The number of piperidine rings is 1. The van der Waals surface area contributed by atoms with Crippen molar-refractivity contribution in [2.75, 3.05) is 26.8 Å². The van der Waals surface area contributed by atoms with Gasteiger partial charge in [0.2, 0.25) is 0 Å². The number of likely N-dealkylation sites (tertiary alicyclic amines) is 1. The number of pyridine rings is 2. The minimum Gasteiger partial charge on any atom is -0.507 e. The summed E-state index contributed by atoms with van der Waals surface area (Å²) in [5, 5.41) is 10.7. The van der Waals surface area contributed by atoms with E-state index < -0.39 is 0 Å². The minimum absolute atomic E-state index is 0.0421. The first-order valence-electron chi connectivity index (χ1n) is 9.60. The van der Waals surface area contributed by atoms with Gasteiger partial charge in [-0.3, -0.25) is 14.7 Å². The van der Waals surface area contributed by atoms with Crippen LogP contribution in [0.4, 0.5) is 0 Å². The average Bonchev–Trinajstić information content (AvgIpc) is 2.66. The van der Waals surface area contributed by atoms with E-state index in [1.165, 1.54) is 0 Å². The molecule has 0 aliphatic carbocycles. The van der Waals surface area contributed by atoms with Gasteiger partial charge in [0, 0.05) is 25.5 Å². The third-order valence-corrected chi connectivity index (χ3v) is 5.47. The molecule has 6 heteroatoms. The lowest BCUT2D eigenvalue weighted by molar-refractivity contribution is 0.151. The van der Waals surface area contributed by atoms with E-state index in [0.717, 1.165) is 37.3 Å². The molecule has 27 heavy (non-hydrogen) atoms. The number of rotatable bonds is 6. The molecule has 0 unspecified atom stereocenters. The molecule has 0 radical (unpaired) electrons. The molecule has 1 aliphatic heterocycles. The van der Waals surface area contributed by atoms with Gasteiger partial charge in [-0.1, -0.05) is 13.0 Å². The highest BCUT2D eigenvalue weighted by Gasteiger charge is 2.31. The molecule has 3 rings (SSSR count). The van der Waals surface area contributed by atoms with Crippen molar-refractivity contribution in [3.8, 4) is 5.75 Å². The molecule has 1 fully saturated rings. The third-order valence-electron chi connectivity index (χ3n) is 5.47. The second-order valence-corrected chi connectivity index (χ2v) is 7.41. The van der Waals surface area contributed by atoms with Gasteiger partial charge >= 0.3 is 0 Å². The van der Waals surface area contributed by atoms with E-state index in [0.29, 0.717) is 24.6 Å². The molecule has 2 aromatic rings. The summed E-state index contributed by atoms with van der Waals surface area (Å²) >= 11 is 0. The van der Waals surface area contributed by atoms with Crippen LogP contribution >= 0.6 is 0 Å². The lowest BCUT2D eigenvalue weighted by Gasteiger charge is -2.36. The number of aromatic nitrogens is 2. The van der Waals surface area contributed by atoms with Crippen LogP contribution in [0.1, 0.15) is 42.8 Å². The van der Waals surface area contributed by atoms with Gasteiger partial charge in [0.15, 0.2) is 0 Å². The number of methoxy groups -OCH3 is 1. The summed E-state index contributed by atoms with van der Waals surface area (Å²) in [6.07, 6.45) is 3.89. The van der Waals surface area contributed by atoms with Crippen LogP contribution in [0.3, 0.4) is 0 Å². The number of ether oxygens (including phenoxy) is 1. The van der Waals surface area contributed by atoms with E-state index >= 15 is 0 Å². The molecule has 3 heterocycles. The summed E-state index contributed by atoms with van der Waals surface area (Å²) in [4.78, 5) is 20.1. The predicted molar refractivity (Wildman–Crippen MR) is 105 cm³/mol. The largest absolute Gasteiger partial charge is 0.507 e. The molecule has 1 aliphatic rings. The Morgan fingerprint density at radius 3 is 2.70 bits per heavy atom. The zero-order valence-corrected chi connectivity index (χ0v) is 16.4. The van der Waals surface area contributed by atoms with Crippen LogP contribution in [0, 0.1) is 12.8 Å². The van der Waals surface area contributed by atoms with E-state index in [-0.39, 0.29) is 17.4 Å². The Kier molecular flexibility index (Phi) is 6.29. The fourth-order valence-electron chi connectivity index (χ4n) is 3.83. The Labute approximate surface area is 160 Å². The molecule has 1 atom stereocenters. The maximum atomic E-state index is 13.3. The lowest BCUT2D eigenvalue weighted by atomic mass is 9.94. The van der Waals surface area contributed by atoms with Crippen molar-refractivity contribution in [2.45, 2.75) is 39.3 Å². The van der Waals surface area contributed by atoms with E-state index in [2.05, 4.69) is 16.8 Å². The van der Waals surface area contributed by atoms with E-state index in [4.69, 9.17) is 4.74 Å². The molecule has 0 amide bonds. The van der Waals surface area contributed by atoms with Crippen molar-refractivity contribution in [2.24, 2.45) is 5.92 Å². The van der Waals surface area contributed by atoms with Crippen molar-refractivity contribution >= 4 is 0 Å². The van der Waals surface area contributed by atoms with E-state index in [9.17, 15) is 9.90 Å². The fourth-order valence-corrected chi connectivity index (χ4v) is 3.83. The summed E-state index contributed by atoms with van der Waals surface area (Å²) in [6, 6.07) is 7.05. The second kappa shape index (κ2) is 8.67. The van der Waals surface area contributed by atoms with Gasteiger partial charge in [0.1, 0.15) is 5.75 Å². The minimum atomic E-state index is -0.347. The van der Waals surface area contributed by atoms with Gasteiger partial charge in [-0.15, -0.1) is 0 Å². The Morgan fingerprint density at radius 2 is 2.07 bits per heavy atom. The topological polar surface area (TPSA) is 67.6 Å². The number of hydrogen-bond acceptors (Lipinski definition) is 5. The molecule has 0 spiro atoms. The Hall–Kier alpha value is -2.18. The zero-order chi connectivity index (χ0) is 19.4. The SMILES string of the molecule is COCCn1c(C)cc(O)c([C@@H](c2ccccn2)N2CCC(C)CC2)c1=O. The van der Waals surface area contributed by atoms with Crippen molar-refractivity contribution in [1.82, 2.24) is 14.5 Å².